The van der Waals surface area contributed by atoms with Crippen LogP contribution in [0.4, 0.5) is 10.3 Å². The molecule has 0 aliphatic heterocycles. The van der Waals surface area contributed by atoms with E-state index < -0.39 is 5.95 Å². The average molecular weight is 258 g/mol. The zero-order valence-corrected chi connectivity index (χ0v) is 8.45. The zero-order chi connectivity index (χ0) is 10.1. The molecule has 0 saturated heterocycles. The summed E-state index contributed by atoms with van der Waals surface area (Å²) in [6, 6.07) is 2.99. The number of nitrogens with two attached hydrogens (primary N) is 1. The second-order valence-corrected chi connectivity index (χ2v) is 3.52. The normalized spacial score (nSPS) is 10.4. The van der Waals surface area contributed by atoms with Gasteiger partial charge in [0.2, 0.25) is 11.8 Å². The number of anilines is 1. The number of rotatable bonds is 1. The Morgan fingerprint density at radius 1 is 1.43 bits per heavy atom. The van der Waals surface area contributed by atoms with Crippen LogP contribution in [-0.4, -0.2) is 10.1 Å². The Bertz CT molecular complexity index is 471. The van der Waals surface area contributed by atoms with E-state index in [4.69, 9.17) is 5.73 Å². The van der Waals surface area contributed by atoms with Crippen LogP contribution >= 0.6 is 15.9 Å². The number of hydrogen-bond donors (Lipinski definition) is 1. The molecule has 72 valence electrons. The van der Waals surface area contributed by atoms with Gasteiger partial charge in [0.15, 0.2) is 0 Å². The largest absolute Gasteiger partial charge is 0.368 e. The molecule has 14 heavy (non-hydrogen) atoms. The summed E-state index contributed by atoms with van der Waals surface area (Å²) in [5.41, 5.74) is 5.90. The third-order valence-electron chi connectivity index (χ3n) is 1.61. The molecular formula is C8H5BrFN3O. The van der Waals surface area contributed by atoms with E-state index in [2.05, 4.69) is 30.6 Å². The Morgan fingerprint density at radius 2 is 2.21 bits per heavy atom. The minimum atomic E-state index is -0.610. The lowest BCUT2D eigenvalue weighted by molar-refractivity contribution is 0.438. The van der Waals surface area contributed by atoms with Crippen LogP contribution in [0.3, 0.4) is 0 Å². The summed E-state index contributed by atoms with van der Waals surface area (Å²) >= 11 is 3.18. The minimum absolute atomic E-state index is 0.138. The highest BCUT2D eigenvalue weighted by atomic mass is 79.9. The van der Waals surface area contributed by atoms with Gasteiger partial charge in [0.05, 0.1) is 5.56 Å². The van der Waals surface area contributed by atoms with Crippen molar-refractivity contribution in [2.24, 2.45) is 0 Å². The molecule has 2 rings (SSSR count). The number of hydrogen-bond acceptors (Lipinski definition) is 4. The van der Waals surface area contributed by atoms with Gasteiger partial charge >= 0.3 is 0 Å². The molecule has 0 atom stereocenters. The fourth-order valence-corrected chi connectivity index (χ4v) is 1.35. The second kappa shape index (κ2) is 3.38. The fraction of sp³-hybridized carbons (Fsp3) is 0. The fourth-order valence-electron chi connectivity index (χ4n) is 1.02. The first-order valence-corrected chi connectivity index (χ1v) is 4.50. The van der Waals surface area contributed by atoms with Crippen molar-refractivity contribution in [2.75, 3.05) is 5.73 Å². The average Bonchev–Trinajstić information content (AvgIpc) is 2.56. The van der Waals surface area contributed by atoms with E-state index in [9.17, 15) is 4.39 Å². The van der Waals surface area contributed by atoms with Gasteiger partial charge in [-0.1, -0.05) is 5.16 Å². The maximum absolute atomic E-state index is 13.2. The Labute approximate surface area is 87.0 Å². The Kier molecular flexibility index (Phi) is 2.20. The van der Waals surface area contributed by atoms with Crippen molar-refractivity contribution in [1.29, 1.82) is 0 Å². The monoisotopic (exact) mass is 257 g/mol. The van der Waals surface area contributed by atoms with Crippen molar-refractivity contribution >= 4 is 21.8 Å². The summed E-state index contributed by atoms with van der Waals surface area (Å²) in [6.07, 6.45) is 1.36. The van der Waals surface area contributed by atoms with Crippen LogP contribution in [-0.2, 0) is 0 Å². The Hall–Kier alpha value is -1.43. The van der Waals surface area contributed by atoms with E-state index in [1.165, 1.54) is 12.3 Å². The molecule has 0 spiro atoms. The summed E-state index contributed by atoms with van der Waals surface area (Å²) in [5, 5.41) is 3.59. The lowest BCUT2D eigenvalue weighted by atomic mass is 10.2. The van der Waals surface area contributed by atoms with Crippen molar-refractivity contribution in [3.63, 3.8) is 0 Å². The van der Waals surface area contributed by atoms with Crippen LogP contribution in [0.15, 0.2) is 27.3 Å². The molecule has 0 aromatic carbocycles. The Balaban J connectivity index is 2.55. The summed E-state index contributed by atoms with van der Waals surface area (Å²) in [5.74, 6) is -0.471. The zero-order valence-electron chi connectivity index (χ0n) is 6.87. The smallest absolute Gasteiger partial charge is 0.222 e. The predicted octanol–water partition coefficient (Wildman–Crippen LogP) is 2.22. The predicted molar refractivity (Wildman–Crippen MR) is 51.8 cm³/mol. The summed E-state index contributed by atoms with van der Waals surface area (Å²) in [6.45, 7) is 0. The van der Waals surface area contributed by atoms with Gasteiger partial charge in [0.1, 0.15) is 5.69 Å². The maximum atomic E-state index is 13.2. The van der Waals surface area contributed by atoms with Crippen LogP contribution in [0.5, 0.6) is 0 Å². The minimum Gasteiger partial charge on any atom is -0.368 e. The molecule has 6 heteroatoms. The maximum Gasteiger partial charge on any atom is 0.222 e. The van der Waals surface area contributed by atoms with E-state index >= 15 is 0 Å². The molecule has 2 heterocycles. The molecule has 0 unspecified atom stereocenters. The van der Waals surface area contributed by atoms with Crippen molar-refractivity contribution in [3.8, 4) is 11.3 Å². The van der Waals surface area contributed by atoms with Gasteiger partial charge in [-0.3, -0.25) is 0 Å². The standard InChI is InChI=1S/C8H5BrFN3O/c9-4-1-5(8(10)12-3-4)6-2-7(11)14-13-6/h1-3H,11H2. The van der Waals surface area contributed by atoms with Crippen LogP contribution in [0, 0.1) is 5.95 Å². The van der Waals surface area contributed by atoms with Gasteiger partial charge in [-0.15, -0.1) is 0 Å². The molecule has 0 saturated carbocycles. The highest BCUT2D eigenvalue weighted by Crippen LogP contribution is 2.24. The lowest BCUT2D eigenvalue weighted by Gasteiger charge is -1.97. The highest BCUT2D eigenvalue weighted by Gasteiger charge is 2.11. The number of halogens is 2. The topological polar surface area (TPSA) is 64.9 Å². The van der Waals surface area contributed by atoms with E-state index in [-0.39, 0.29) is 11.4 Å². The molecule has 4 nitrogen and oxygen atoms in total. The van der Waals surface area contributed by atoms with E-state index in [0.717, 1.165) is 0 Å². The summed E-state index contributed by atoms with van der Waals surface area (Å²) in [4.78, 5) is 3.53. The molecule has 0 radical (unpaired) electrons. The van der Waals surface area contributed by atoms with E-state index in [0.29, 0.717) is 10.2 Å². The molecular weight excluding hydrogens is 253 g/mol. The van der Waals surface area contributed by atoms with Crippen molar-refractivity contribution in [1.82, 2.24) is 10.1 Å². The molecule has 0 aliphatic rings. The van der Waals surface area contributed by atoms with Crippen molar-refractivity contribution in [2.45, 2.75) is 0 Å². The third-order valence-corrected chi connectivity index (χ3v) is 2.04. The number of nitrogen functional groups attached to an aromatic ring is 1. The van der Waals surface area contributed by atoms with Crippen LogP contribution < -0.4 is 5.73 Å². The summed E-state index contributed by atoms with van der Waals surface area (Å²) in [7, 11) is 0. The SMILES string of the molecule is Nc1cc(-c2cc(Br)cnc2F)no1. The molecule has 2 aromatic heterocycles. The van der Waals surface area contributed by atoms with Gasteiger partial charge in [-0.2, -0.15) is 4.39 Å². The Morgan fingerprint density at radius 3 is 2.86 bits per heavy atom. The van der Waals surface area contributed by atoms with E-state index in [1.807, 2.05) is 0 Å². The van der Waals surface area contributed by atoms with Gasteiger partial charge in [-0.05, 0) is 22.0 Å². The quantitative estimate of drug-likeness (QED) is 0.796. The molecule has 2 aromatic rings. The molecule has 0 aliphatic carbocycles. The first-order valence-electron chi connectivity index (χ1n) is 3.70. The molecule has 0 bridgehead atoms. The van der Waals surface area contributed by atoms with Crippen molar-refractivity contribution < 1.29 is 8.91 Å². The number of pyridine rings is 1. The van der Waals surface area contributed by atoms with Crippen LogP contribution in [0.2, 0.25) is 0 Å². The van der Waals surface area contributed by atoms with Gasteiger partial charge in [-0.25, -0.2) is 4.98 Å². The van der Waals surface area contributed by atoms with Crippen LogP contribution in [0.25, 0.3) is 11.3 Å². The van der Waals surface area contributed by atoms with Crippen molar-refractivity contribution in [3.05, 3.63) is 28.7 Å². The molecule has 0 amide bonds. The first kappa shape index (κ1) is 9.14. The van der Waals surface area contributed by atoms with E-state index in [1.54, 1.807) is 6.07 Å². The molecule has 0 fully saturated rings. The summed E-state index contributed by atoms with van der Waals surface area (Å²) < 4.78 is 18.5. The van der Waals surface area contributed by atoms with Crippen LogP contribution in [0.1, 0.15) is 0 Å². The molecule has 2 N–H and O–H groups in total. The third kappa shape index (κ3) is 1.60. The van der Waals surface area contributed by atoms with Gasteiger partial charge < -0.3 is 10.3 Å². The highest BCUT2D eigenvalue weighted by molar-refractivity contribution is 9.10. The number of aromatic nitrogens is 2. The number of nitrogens with zero attached hydrogens (tertiary/aromatic N) is 2. The first-order chi connectivity index (χ1) is 6.66. The second-order valence-electron chi connectivity index (χ2n) is 2.61. The lowest BCUT2D eigenvalue weighted by Crippen LogP contribution is -1.88. The van der Waals surface area contributed by atoms with Gasteiger partial charge in [0.25, 0.3) is 0 Å². The van der Waals surface area contributed by atoms with Gasteiger partial charge in [0, 0.05) is 16.7 Å².